The van der Waals surface area contributed by atoms with Crippen molar-refractivity contribution in [1.29, 1.82) is 0 Å². The highest BCUT2D eigenvalue weighted by Crippen LogP contribution is 2.48. The summed E-state index contributed by atoms with van der Waals surface area (Å²) in [4.78, 5) is 0. The average molecular weight is 272 g/mol. The number of hydrogen-bond acceptors (Lipinski definition) is 3. The summed E-state index contributed by atoms with van der Waals surface area (Å²) in [6.07, 6.45) is 3.81. The molecular weight excluding hydrogens is 248 g/mol. The molecule has 0 radical (unpaired) electrons. The maximum atomic E-state index is 11.4. The number of hydrogen-bond donors (Lipinski definition) is 3. The number of nitrogen functional groups attached to an aromatic ring is 1. The van der Waals surface area contributed by atoms with Crippen LogP contribution in [0.15, 0.2) is 47.7 Å². The zero-order chi connectivity index (χ0) is 15.1. The first kappa shape index (κ1) is 14.7. The summed E-state index contributed by atoms with van der Waals surface area (Å²) in [6, 6.07) is 7.42. The van der Waals surface area contributed by atoms with Gasteiger partial charge in [-0.15, -0.1) is 0 Å². The Bertz CT molecular complexity index is 564. The number of allylic oxidation sites excluding steroid dienone is 1. The minimum absolute atomic E-state index is 0.0939. The summed E-state index contributed by atoms with van der Waals surface area (Å²) in [7, 11) is 0. The summed E-state index contributed by atoms with van der Waals surface area (Å²) in [5.41, 5.74) is 13.7. The summed E-state index contributed by atoms with van der Waals surface area (Å²) >= 11 is 0. The minimum atomic E-state index is -1.05. The molecule has 1 aromatic rings. The van der Waals surface area contributed by atoms with Crippen molar-refractivity contribution in [3.8, 4) is 0 Å². The van der Waals surface area contributed by atoms with E-state index in [2.05, 4.69) is 20.8 Å². The van der Waals surface area contributed by atoms with E-state index >= 15 is 0 Å². The lowest BCUT2D eigenvalue weighted by Gasteiger charge is -2.45. The molecule has 20 heavy (non-hydrogen) atoms. The summed E-state index contributed by atoms with van der Waals surface area (Å²) < 4.78 is 0. The SMILES string of the molecule is CC1=CC(N)=CC(C(C)(C)C)C1(O)c1ccc(N)cc1. The molecule has 2 rings (SSSR count). The maximum absolute atomic E-state index is 11.4. The zero-order valence-electron chi connectivity index (χ0n) is 12.6. The van der Waals surface area contributed by atoms with E-state index in [-0.39, 0.29) is 11.3 Å². The van der Waals surface area contributed by atoms with Gasteiger partial charge in [0.1, 0.15) is 5.60 Å². The fourth-order valence-corrected chi connectivity index (χ4v) is 2.99. The number of benzene rings is 1. The van der Waals surface area contributed by atoms with Crippen molar-refractivity contribution in [3.63, 3.8) is 0 Å². The van der Waals surface area contributed by atoms with Crippen LogP contribution in [-0.2, 0) is 5.60 Å². The standard InChI is InChI=1S/C17H24N2O/c1-11-9-14(19)10-15(16(2,3)4)17(11,20)12-5-7-13(18)8-6-12/h5-10,15,20H,18-19H2,1-4H3. The zero-order valence-corrected chi connectivity index (χ0v) is 12.6. The van der Waals surface area contributed by atoms with Gasteiger partial charge >= 0.3 is 0 Å². The van der Waals surface area contributed by atoms with Crippen LogP contribution in [0.3, 0.4) is 0 Å². The first-order valence-electron chi connectivity index (χ1n) is 6.90. The molecular formula is C17H24N2O. The Morgan fingerprint density at radius 1 is 1.10 bits per heavy atom. The van der Waals surface area contributed by atoms with Gasteiger partial charge < -0.3 is 16.6 Å². The van der Waals surface area contributed by atoms with Crippen molar-refractivity contribution in [2.75, 3.05) is 5.73 Å². The topological polar surface area (TPSA) is 72.3 Å². The highest BCUT2D eigenvalue weighted by atomic mass is 16.3. The van der Waals surface area contributed by atoms with E-state index in [0.29, 0.717) is 11.4 Å². The summed E-state index contributed by atoms with van der Waals surface area (Å²) in [6.45, 7) is 8.27. The van der Waals surface area contributed by atoms with Crippen molar-refractivity contribution < 1.29 is 5.11 Å². The second-order valence-electron chi connectivity index (χ2n) is 6.73. The number of aliphatic hydroxyl groups is 1. The molecule has 2 unspecified atom stereocenters. The summed E-state index contributed by atoms with van der Waals surface area (Å²) in [5.74, 6) is -0.0939. The van der Waals surface area contributed by atoms with Crippen LogP contribution in [-0.4, -0.2) is 5.11 Å². The highest BCUT2D eigenvalue weighted by molar-refractivity contribution is 5.47. The maximum Gasteiger partial charge on any atom is 0.118 e. The van der Waals surface area contributed by atoms with E-state index in [1.54, 1.807) is 0 Å². The number of anilines is 1. The highest BCUT2D eigenvalue weighted by Gasteiger charge is 2.46. The third-order valence-electron chi connectivity index (χ3n) is 4.08. The van der Waals surface area contributed by atoms with Crippen molar-refractivity contribution in [2.45, 2.75) is 33.3 Å². The van der Waals surface area contributed by atoms with Gasteiger partial charge in [0.05, 0.1) is 0 Å². The van der Waals surface area contributed by atoms with E-state index in [1.165, 1.54) is 0 Å². The van der Waals surface area contributed by atoms with Crippen LogP contribution < -0.4 is 11.5 Å². The fourth-order valence-electron chi connectivity index (χ4n) is 2.99. The van der Waals surface area contributed by atoms with Crippen molar-refractivity contribution in [1.82, 2.24) is 0 Å². The van der Waals surface area contributed by atoms with Gasteiger partial charge in [0.15, 0.2) is 0 Å². The Kier molecular flexibility index (Phi) is 3.42. The van der Waals surface area contributed by atoms with E-state index in [9.17, 15) is 5.11 Å². The van der Waals surface area contributed by atoms with Crippen molar-refractivity contribution in [3.05, 3.63) is 53.3 Å². The third kappa shape index (κ3) is 2.34. The Labute approximate surface area is 121 Å². The molecule has 1 aliphatic rings. The van der Waals surface area contributed by atoms with Gasteiger partial charge in [-0.25, -0.2) is 0 Å². The summed E-state index contributed by atoms with van der Waals surface area (Å²) in [5, 5.41) is 11.4. The predicted molar refractivity (Wildman–Crippen MR) is 83.7 cm³/mol. The quantitative estimate of drug-likeness (QED) is 0.688. The Morgan fingerprint density at radius 2 is 1.65 bits per heavy atom. The molecule has 0 amide bonds. The van der Waals surface area contributed by atoms with Crippen LogP contribution in [0.2, 0.25) is 0 Å². The molecule has 1 aromatic carbocycles. The molecule has 2 atom stereocenters. The van der Waals surface area contributed by atoms with Gasteiger partial charge in [-0.2, -0.15) is 0 Å². The Balaban J connectivity index is 2.60. The van der Waals surface area contributed by atoms with Gasteiger partial charge in [-0.05, 0) is 41.7 Å². The lowest BCUT2D eigenvalue weighted by atomic mass is 9.63. The Morgan fingerprint density at radius 3 is 2.15 bits per heavy atom. The van der Waals surface area contributed by atoms with Crippen LogP contribution in [0.4, 0.5) is 5.69 Å². The Hall–Kier alpha value is -1.74. The molecule has 3 nitrogen and oxygen atoms in total. The number of nitrogens with two attached hydrogens (primary N) is 2. The fraction of sp³-hybridized carbons (Fsp3) is 0.412. The second-order valence-corrected chi connectivity index (χ2v) is 6.73. The molecule has 0 bridgehead atoms. The molecule has 0 heterocycles. The molecule has 0 aromatic heterocycles. The third-order valence-corrected chi connectivity index (χ3v) is 4.08. The van der Waals surface area contributed by atoms with E-state index in [0.717, 1.165) is 11.1 Å². The van der Waals surface area contributed by atoms with Gasteiger partial charge in [0.2, 0.25) is 0 Å². The van der Waals surface area contributed by atoms with Crippen molar-refractivity contribution >= 4 is 5.69 Å². The molecule has 3 heteroatoms. The van der Waals surface area contributed by atoms with Gasteiger partial charge in [0, 0.05) is 17.3 Å². The molecule has 0 saturated heterocycles. The van der Waals surface area contributed by atoms with Crippen LogP contribution in [0.1, 0.15) is 33.3 Å². The first-order chi connectivity index (χ1) is 9.15. The van der Waals surface area contributed by atoms with E-state index in [1.807, 2.05) is 43.3 Å². The number of rotatable bonds is 1. The monoisotopic (exact) mass is 272 g/mol. The van der Waals surface area contributed by atoms with Gasteiger partial charge in [0.25, 0.3) is 0 Å². The average Bonchev–Trinajstić information content (AvgIpc) is 2.33. The minimum Gasteiger partial charge on any atom is -0.399 e. The van der Waals surface area contributed by atoms with Crippen molar-refractivity contribution in [2.24, 2.45) is 17.1 Å². The largest absolute Gasteiger partial charge is 0.399 e. The second kappa shape index (κ2) is 4.67. The van der Waals surface area contributed by atoms with Crippen LogP contribution >= 0.6 is 0 Å². The first-order valence-corrected chi connectivity index (χ1v) is 6.90. The molecule has 0 saturated carbocycles. The van der Waals surface area contributed by atoms with Crippen LogP contribution in [0.25, 0.3) is 0 Å². The smallest absolute Gasteiger partial charge is 0.118 e. The van der Waals surface area contributed by atoms with Crippen LogP contribution in [0.5, 0.6) is 0 Å². The molecule has 0 fully saturated rings. The molecule has 5 N–H and O–H groups in total. The lowest BCUT2D eigenvalue weighted by Crippen LogP contribution is -2.44. The van der Waals surface area contributed by atoms with Crippen LogP contribution in [0, 0.1) is 11.3 Å². The van der Waals surface area contributed by atoms with Gasteiger partial charge in [-0.3, -0.25) is 0 Å². The molecule has 1 aliphatic carbocycles. The van der Waals surface area contributed by atoms with Gasteiger partial charge in [-0.1, -0.05) is 39.0 Å². The molecule has 108 valence electrons. The predicted octanol–water partition coefficient (Wildman–Crippen LogP) is 2.92. The normalized spacial score (nSPS) is 26.9. The molecule has 0 aliphatic heterocycles. The lowest BCUT2D eigenvalue weighted by molar-refractivity contribution is -0.0153. The van der Waals surface area contributed by atoms with E-state index in [4.69, 9.17) is 11.5 Å². The molecule has 0 spiro atoms. The van der Waals surface area contributed by atoms with E-state index < -0.39 is 5.60 Å².